The second-order valence-electron chi connectivity index (χ2n) is 22.5. The fraction of sp³-hybridized carbons (Fsp3) is 0.955. The molecule has 0 aliphatic carbocycles. The van der Waals surface area contributed by atoms with Crippen LogP contribution in [0.2, 0.25) is 0 Å². The molecule has 0 aromatic heterocycles. The fourth-order valence-electron chi connectivity index (χ4n) is 10.1. The van der Waals surface area contributed by atoms with Crippen LogP contribution in [0.3, 0.4) is 0 Å². The van der Waals surface area contributed by atoms with E-state index in [1.165, 1.54) is 327 Å². The molecule has 0 bridgehead atoms. The first kappa shape index (κ1) is 82.7. The van der Waals surface area contributed by atoms with Gasteiger partial charge in [0, 0.05) is 18.4 Å². The third-order valence-corrected chi connectivity index (χ3v) is 15.0. The summed E-state index contributed by atoms with van der Waals surface area (Å²) in [4.78, 5) is 30.9. The summed E-state index contributed by atoms with van der Waals surface area (Å²) < 4.78 is 0. The Kier molecular flexibility index (Phi) is 88.7. The molecule has 0 aromatic carbocycles. The normalized spacial score (nSPS) is 10.7. The zero-order valence-corrected chi connectivity index (χ0v) is 53.0. The first-order valence-corrected chi connectivity index (χ1v) is 32.9. The summed E-state index contributed by atoms with van der Waals surface area (Å²) in [6, 6.07) is 0. The molecule has 0 rings (SSSR count). The molecule has 74 heavy (non-hydrogen) atoms. The van der Waals surface area contributed by atoms with Crippen molar-refractivity contribution < 1.29 is 74.5 Å². The number of carbonyl (C=O) groups excluding carboxylic acids is 2. The van der Waals surface area contributed by atoms with Gasteiger partial charge in [0.15, 0.2) is 0 Å². The van der Waals surface area contributed by atoms with Crippen molar-refractivity contribution in [2.75, 3.05) is 0 Å². The van der Waals surface area contributed by atoms with Crippen LogP contribution in [-0.2, 0) is 59.1 Å². The molecule has 0 unspecified atom stereocenters. The molecular weight excluding hydrogens is 1100 g/mol. The van der Waals surface area contributed by atoms with E-state index in [1.807, 2.05) is 0 Å². The number of carboxylic acids is 3. The van der Waals surface area contributed by atoms with E-state index in [-0.39, 0.29) is 57.6 Å². The number of unbranched alkanes of at least 4 members (excludes halogenated alkanes) is 54. The molecule has 0 aliphatic rings. The minimum atomic E-state index is -0.901. The Hall–Kier alpha value is -0.109. The Labute approximate surface area is 495 Å². The van der Waals surface area contributed by atoms with E-state index >= 15 is 0 Å². The maximum Gasteiger partial charge on any atom is 1.00 e. The topological polar surface area (TPSA) is 118 Å². The Balaban J connectivity index is -0.000000317. The molecule has 0 aliphatic heterocycles. The van der Waals surface area contributed by atoms with Gasteiger partial charge in [-0.25, -0.2) is 0 Å². The summed E-state index contributed by atoms with van der Waals surface area (Å²) in [5.41, 5.74) is 0. The molecule has 452 valence electrons. The molecular formula is C66H130Ag2O6. The zero-order chi connectivity index (χ0) is 53.2. The smallest absolute Gasteiger partial charge is 0.550 e. The van der Waals surface area contributed by atoms with Gasteiger partial charge in [0.2, 0.25) is 0 Å². The average molecular weight is 1240 g/mol. The van der Waals surface area contributed by atoms with E-state index in [4.69, 9.17) is 5.11 Å². The van der Waals surface area contributed by atoms with Crippen LogP contribution in [0.15, 0.2) is 0 Å². The standard InChI is InChI=1S/3C22H44O2.2Ag/c3*1-2-3-4-5-6-7-8-9-10-11-12-13-14-15-16-17-18-19-20-21-22(23)24;;/h3*2-21H2,1H3,(H,23,24);;/q;;;2*+1/p-2. The van der Waals surface area contributed by atoms with Gasteiger partial charge in [0.05, 0.1) is 0 Å². The van der Waals surface area contributed by atoms with Crippen molar-refractivity contribution in [3.8, 4) is 0 Å². The van der Waals surface area contributed by atoms with E-state index in [2.05, 4.69) is 20.8 Å². The molecule has 0 heterocycles. The van der Waals surface area contributed by atoms with Crippen molar-refractivity contribution in [1.29, 1.82) is 0 Å². The second-order valence-corrected chi connectivity index (χ2v) is 22.5. The summed E-state index contributed by atoms with van der Waals surface area (Å²) in [7, 11) is 0. The van der Waals surface area contributed by atoms with Gasteiger partial charge in [-0.2, -0.15) is 0 Å². The first-order chi connectivity index (χ1) is 35.3. The number of hydrogen-bond acceptors (Lipinski definition) is 5. The van der Waals surface area contributed by atoms with Gasteiger partial charge in [0.1, 0.15) is 0 Å². The minimum absolute atomic E-state index is 0. The summed E-state index contributed by atoms with van der Waals surface area (Å²) in [5, 5.41) is 29.1. The summed E-state index contributed by atoms with van der Waals surface area (Å²) in [5.74, 6) is -2.45. The molecule has 0 atom stereocenters. The maximum absolute atomic E-state index is 10.4. The van der Waals surface area contributed by atoms with Crippen molar-refractivity contribution in [2.24, 2.45) is 0 Å². The molecule has 0 aromatic rings. The monoisotopic (exact) mass is 1230 g/mol. The number of aliphatic carboxylic acids is 3. The zero-order valence-electron chi connectivity index (χ0n) is 50.0. The Morgan fingerprint density at radius 1 is 0.216 bits per heavy atom. The Morgan fingerprint density at radius 3 is 0.432 bits per heavy atom. The van der Waals surface area contributed by atoms with Gasteiger partial charge in [-0.15, -0.1) is 0 Å². The molecule has 0 saturated carbocycles. The van der Waals surface area contributed by atoms with E-state index in [0.29, 0.717) is 6.42 Å². The number of carboxylic acid groups (broad SMARTS) is 3. The molecule has 0 amide bonds. The molecule has 6 nitrogen and oxygen atoms in total. The van der Waals surface area contributed by atoms with Crippen molar-refractivity contribution in [3.05, 3.63) is 0 Å². The van der Waals surface area contributed by atoms with Crippen molar-refractivity contribution in [3.63, 3.8) is 0 Å². The van der Waals surface area contributed by atoms with Crippen LogP contribution in [0.4, 0.5) is 0 Å². The van der Waals surface area contributed by atoms with Gasteiger partial charge in [0.25, 0.3) is 0 Å². The third-order valence-electron chi connectivity index (χ3n) is 15.0. The fourth-order valence-corrected chi connectivity index (χ4v) is 10.1. The molecule has 0 fully saturated rings. The van der Waals surface area contributed by atoms with E-state index in [9.17, 15) is 24.6 Å². The van der Waals surface area contributed by atoms with E-state index in [0.717, 1.165) is 38.5 Å². The molecule has 8 heteroatoms. The summed E-state index contributed by atoms with van der Waals surface area (Å²) in [6.07, 6.45) is 77.6. The molecule has 0 spiro atoms. The summed E-state index contributed by atoms with van der Waals surface area (Å²) >= 11 is 0. The van der Waals surface area contributed by atoms with Crippen LogP contribution in [-0.4, -0.2) is 23.0 Å². The van der Waals surface area contributed by atoms with E-state index in [1.54, 1.807) is 0 Å². The van der Waals surface area contributed by atoms with Crippen LogP contribution in [0.5, 0.6) is 0 Å². The predicted octanol–water partition coefficient (Wildman–Crippen LogP) is 21.0. The van der Waals surface area contributed by atoms with Crippen molar-refractivity contribution in [2.45, 2.75) is 406 Å². The largest absolute Gasteiger partial charge is 1.00 e. The average Bonchev–Trinajstić information content (AvgIpc) is 3.36. The SMILES string of the molecule is CCCCCCCCCCCCCCCCCCCCCC(=O)O.CCCCCCCCCCCCCCCCCCCCCC(=O)[O-].CCCCCCCCCCCCCCCCCCCCCC(=O)[O-].[Ag+].[Ag+]. The Morgan fingerprint density at radius 2 is 0.324 bits per heavy atom. The summed E-state index contributed by atoms with van der Waals surface area (Å²) in [6.45, 7) is 6.84. The second kappa shape index (κ2) is 79.4. The third kappa shape index (κ3) is 91.3. The quantitative estimate of drug-likeness (QED) is 0.0479. The molecule has 0 radical (unpaired) electrons. The van der Waals surface area contributed by atoms with Crippen LogP contribution in [0.25, 0.3) is 0 Å². The number of carbonyl (C=O) groups is 3. The number of rotatable bonds is 60. The van der Waals surface area contributed by atoms with Gasteiger partial charge in [-0.1, -0.05) is 367 Å². The Bertz CT molecular complexity index is 888. The van der Waals surface area contributed by atoms with Gasteiger partial charge >= 0.3 is 50.7 Å². The molecule has 1 N–H and O–H groups in total. The van der Waals surface area contributed by atoms with Gasteiger partial charge < -0.3 is 24.9 Å². The number of hydrogen-bond donors (Lipinski definition) is 1. The van der Waals surface area contributed by atoms with Gasteiger partial charge in [-0.3, -0.25) is 4.79 Å². The first-order valence-electron chi connectivity index (χ1n) is 32.9. The van der Waals surface area contributed by atoms with Gasteiger partial charge in [-0.05, 0) is 32.1 Å². The van der Waals surface area contributed by atoms with Crippen LogP contribution >= 0.6 is 0 Å². The molecule has 0 saturated heterocycles. The van der Waals surface area contributed by atoms with Crippen LogP contribution in [0, 0.1) is 0 Å². The van der Waals surface area contributed by atoms with E-state index < -0.39 is 17.9 Å². The van der Waals surface area contributed by atoms with Crippen LogP contribution in [0.1, 0.15) is 406 Å². The minimum Gasteiger partial charge on any atom is -0.550 e. The van der Waals surface area contributed by atoms with Crippen molar-refractivity contribution in [1.82, 2.24) is 0 Å². The maximum atomic E-state index is 10.4. The van der Waals surface area contributed by atoms with Crippen LogP contribution < -0.4 is 10.2 Å². The van der Waals surface area contributed by atoms with Crippen molar-refractivity contribution >= 4 is 17.9 Å². The predicted molar refractivity (Wildman–Crippen MR) is 312 cm³/mol.